The highest BCUT2D eigenvalue weighted by Crippen LogP contribution is 2.23. The van der Waals surface area contributed by atoms with Crippen molar-refractivity contribution >= 4 is 11.9 Å². The van der Waals surface area contributed by atoms with Crippen LogP contribution >= 0.6 is 0 Å². The third-order valence-electron chi connectivity index (χ3n) is 5.87. The molecule has 4 rings (SSSR count). The molecular formula is C21H28N6O2. The number of nitrogens with zero attached hydrogens (tertiary/aromatic N) is 6. The molecule has 154 valence electrons. The number of rotatable bonds is 4. The highest BCUT2D eigenvalue weighted by atomic mass is 16.3. The van der Waals surface area contributed by atoms with Crippen LogP contribution in [0.25, 0.3) is 0 Å². The minimum atomic E-state index is -0.549. The summed E-state index contributed by atoms with van der Waals surface area (Å²) < 4.78 is 0. The molecule has 29 heavy (non-hydrogen) atoms. The molecule has 2 aliphatic heterocycles. The Kier molecular flexibility index (Phi) is 5.73. The number of aromatic nitrogens is 3. The highest BCUT2D eigenvalue weighted by Gasteiger charge is 2.35. The summed E-state index contributed by atoms with van der Waals surface area (Å²) in [6.45, 7) is 6.42. The summed E-state index contributed by atoms with van der Waals surface area (Å²) in [5.74, 6) is 0.552. The average molecular weight is 396 g/mol. The number of amides is 1. The van der Waals surface area contributed by atoms with Crippen LogP contribution in [0.2, 0.25) is 0 Å². The maximum absolute atomic E-state index is 13.0. The van der Waals surface area contributed by atoms with Crippen LogP contribution in [-0.4, -0.2) is 88.2 Å². The first-order valence-corrected chi connectivity index (χ1v) is 10.2. The van der Waals surface area contributed by atoms with Crippen LogP contribution < -0.4 is 4.90 Å². The van der Waals surface area contributed by atoms with Gasteiger partial charge in [-0.05, 0) is 32.5 Å². The summed E-state index contributed by atoms with van der Waals surface area (Å²) in [4.78, 5) is 32.6. The van der Waals surface area contributed by atoms with E-state index in [1.54, 1.807) is 17.3 Å². The van der Waals surface area contributed by atoms with Gasteiger partial charge in [-0.15, -0.1) is 0 Å². The number of aliphatic hydroxyl groups excluding tert-OH is 1. The van der Waals surface area contributed by atoms with Gasteiger partial charge in [-0.3, -0.25) is 9.78 Å². The number of likely N-dealkylation sites (tertiary alicyclic amines) is 1. The van der Waals surface area contributed by atoms with Crippen molar-refractivity contribution < 1.29 is 9.90 Å². The Labute approximate surface area is 171 Å². The van der Waals surface area contributed by atoms with Crippen LogP contribution in [0.4, 0.5) is 5.95 Å². The number of β-amino-alcohol motifs (C(OH)–C–C–N with tert-alkyl or cyclic N) is 1. The fourth-order valence-electron chi connectivity index (χ4n) is 4.00. The lowest BCUT2D eigenvalue weighted by molar-refractivity contribution is 0.0763. The zero-order chi connectivity index (χ0) is 20.4. The Balaban J connectivity index is 1.43. The highest BCUT2D eigenvalue weighted by molar-refractivity contribution is 5.95. The van der Waals surface area contributed by atoms with Gasteiger partial charge in [0, 0.05) is 63.3 Å². The Morgan fingerprint density at radius 1 is 1.17 bits per heavy atom. The second-order valence-electron chi connectivity index (χ2n) is 8.02. The van der Waals surface area contributed by atoms with E-state index in [0.29, 0.717) is 36.7 Å². The van der Waals surface area contributed by atoms with Gasteiger partial charge < -0.3 is 19.8 Å². The van der Waals surface area contributed by atoms with Gasteiger partial charge in [-0.25, -0.2) is 9.97 Å². The molecule has 2 aromatic rings. The molecule has 1 amide bonds. The summed E-state index contributed by atoms with van der Waals surface area (Å²) in [7, 11) is 2.11. The Morgan fingerprint density at radius 3 is 2.66 bits per heavy atom. The largest absolute Gasteiger partial charge is 0.391 e. The minimum Gasteiger partial charge on any atom is -0.391 e. The van der Waals surface area contributed by atoms with E-state index in [2.05, 4.69) is 31.8 Å². The van der Waals surface area contributed by atoms with Crippen LogP contribution in [-0.2, 0) is 6.42 Å². The number of carbonyl (C=O) groups excluding carboxylic acids is 1. The summed E-state index contributed by atoms with van der Waals surface area (Å²) in [5, 5.41) is 10.5. The summed E-state index contributed by atoms with van der Waals surface area (Å²) in [6, 6.07) is 5.76. The van der Waals surface area contributed by atoms with Gasteiger partial charge in [0.15, 0.2) is 0 Å². The van der Waals surface area contributed by atoms with Crippen LogP contribution in [0.1, 0.15) is 21.7 Å². The molecule has 2 fully saturated rings. The molecule has 2 aliphatic rings. The Bertz CT molecular complexity index is 854. The number of piperazine rings is 1. The van der Waals surface area contributed by atoms with Gasteiger partial charge >= 0.3 is 0 Å². The van der Waals surface area contributed by atoms with E-state index in [-0.39, 0.29) is 11.8 Å². The molecule has 0 saturated carbocycles. The van der Waals surface area contributed by atoms with E-state index in [0.717, 1.165) is 31.9 Å². The van der Waals surface area contributed by atoms with Crippen molar-refractivity contribution in [2.24, 2.45) is 5.92 Å². The lowest BCUT2D eigenvalue weighted by Gasteiger charge is -2.32. The Hall–Kier alpha value is -2.58. The third kappa shape index (κ3) is 4.38. The summed E-state index contributed by atoms with van der Waals surface area (Å²) in [5.41, 5.74) is 2.12. The van der Waals surface area contributed by atoms with Crippen LogP contribution in [0.15, 0.2) is 30.6 Å². The SMILES string of the molecule is Cc1nc(N2CCN(C)CC2)ncc1C(=O)N1C[C@@H](Cc2ccccn2)[C@H](O)C1. The number of hydrogen-bond donors (Lipinski definition) is 1. The predicted molar refractivity (Wildman–Crippen MR) is 110 cm³/mol. The van der Waals surface area contributed by atoms with Gasteiger partial charge in [0.25, 0.3) is 5.91 Å². The number of carbonyl (C=O) groups is 1. The maximum atomic E-state index is 13.0. The molecule has 1 N–H and O–H groups in total. The molecule has 0 aromatic carbocycles. The number of hydrogen-bond acceptors (Lipinski definition) is 7. The van der Waals surface area contributed by atoms with Crippen molar-refractivity contribution in [1.29, 1.82) is 0 Å². The van der Waals surface area contributed by atoms with Gasteiger partial charge in [-0.1, -0.05) is 6.07 Å². The second-order valence-corrected chi connectivity index (χ2v) is 8.02. The van der Waals surface area contributed by atoms with E-state index in [1.165, 1.54) is 0 Å². The second kappa shape index (κ2) is 8.42. The molecule has 2 aromatic heterocycles. The molecule has 2 atom stereocenters. The average Bonchev–Trinajstić information content (AvgIpc) is 3.09. The number of pyridine rings is 1. The number of anilines is 1. The molecule has 8 nitrogen and oxygen atoms in total. The summed E-state index contributed by atoms with van der Waals surface area (Å²) in [6.07, 6.45) is 3.49. The number of aliphatic hydroxyl groups is 1. The van der Waals surface area contributed by atoms with Crippen LogP contribution in [0.5, 0.6) is 0 Å². The molecule has 0 unspecified atom stereocenters. The van der Waals surface area contributed by atoms with Crippen molar-refractivity contribution in [2.75, 3.05) is 51.2 Å². The monoisotopic (exact) mass is 396 g/mol. The quantitative estimate of drug-likeness (QED) is 0.810. The van der Waals surface area contributed by atoms with E-state index >= 15 is 0 Å². The zero-order valence-corrected chi connectivity index (χ0v) is 17.0. The van der Waals surface area contributed by atoms with E-state index in [9.17, 15) is 9.90 Å². The van der Waals surface area contributed by atoms with Crippen molar-refractivity contribution in [2.45, 2.75) is 19.4 Å². The zero-order valence-electron chi connectivity index (χ0n) is 17.0. The molecule has 0 radical (unpaired) electrons. The first-order chi connectivity index (χ1) is 14.0. The smallest absolute Gasteiger partial charge is 0.257 e. The lowest BCUT2D eigenvalue weighted by atomic mass is 10.00. The topological polar surface area (TPSA) is 85.7 Å². The van der Waals surface area contributed by atoms with E-state index < -0.39 is 6.10 Å². The first kappa shape index (κ1) is 19.7. The molecule has 2 saturated heterocycles. The minimum absolute atomic E-state index is 0.0142. The fourth-order valence-corrected chi connectivity index (χ4v) is 4.00. The normalized spacial score (nSPS) is 22.9. The Morgan fingerprint density at radius 2 is 1.97 bits per heavy atom. The molecular weight excluding hydrogens is 368 g/mol. The number of likely N-dealkylation sites (N-methyl/N-ethyl adjacent to an activating group) is 1. The molecule has 0 aliphatic carbocycles. The van der Waals surface area contributed by atoms with Crippen LogP contribution in [0.3, 0.4) is 0 Å². The van der Waals surface area contributed by atoms with Gasteiger partial charge in [0.05, 0.1) is 17.4 Å². The van der Waals surface area contributed by atoms with Crippen molar-refractivity contribution in [3.8, 4) is 0 Å². The van der Waals surface area contributed by atoms with Gasteiger partial charge in [-0.2, -0.15) is 0 Å². The summed E-state index contributed by atoms with van der Waals surface area (Å²) >= 11 is 0. The van der Waals surface area contributed by atoms with Crippen molar-refractivity contribution in [3.05, 3.63) is 47.5 Å². The molecule has 8 heteroatoms. The lowest BCUT2D eigenvalue weighted by Crippen LogP contribution is -2.45. The van der Waals surface area contributed by atoms with Crippen LogP contribution in [0, 0.1) is 12.8 Å². The first-order valence-electron chi connectivity index (χ1n) is 10.2. The fraction of sp³-hybridized carbons (Fsp3) is 0.524. The van der Waals surface area contributed by atoms with E-state index in [1.807, 2.05) is 25.1 Å². The van der Waals surface area contributed by atoms with Gasteiger partial charge in [0.2, 0.25) is 5.95 Å². The number of aryl methyl sites for hydroxylation is 1. The maximum Gasteiger partial charge on any atom is 0.257 e. The molecule has 0 spiro atoms. The van der Waals surface area contributed by atoms with Crippen molar-refractivity contribution in [3.63, 3.8) is 0 Å². The molecule has 0 bridgehead atoms. The van der Waals surface area contributed by atoms with E-state index in [4.69, 9.17) is 0 Å². The standard InChI is InChI=1S/C21H28N6O2/c1-15-18(12-23-21(24-15)26-9-7-25(2)8-10-26)20(29)27-13-16(19(28)14-27)11-17-5-3-4-6-22-17/h3-6,12,16,19,28H,7-11,13-14H2,1-2H3/t16-,19-/m1/s1. The predicted octanol–water partition coefficient (Wildman–Crippen LogP) is 0.607. The molecule has 4 heterocycles. The third-order valence-corrected chi connectivity index (χ3v) is 5.87. The van der Waals surface area contributed by atoms with Gasteiger partial charge in [0.1, 0.15) is 0 Å². The van der Waals surface area contributed by atoms with Crippen molar-refractivity contribution in [1.82, 2.24) is 24.8 Å².